The summed E-state index contributed by atoms with van der Waals surface area (Å²) in [5, 5.41) is 3.31. The molecule has 76 valence electrons. The van der Waals surface area contributed by atoms with E-state index in [-0.39, 0.29) is 0 Å². The lowest BCUT2D eigenvalue weighted by Crippen LogP contribution is -2.45. The van der Waals surface area contributed by atoms with E-state index >= 15 is 0 Å². The Kier molecular flexibility index (Phi) is 3.56. The molecule has 0 aliphatic carbocycles. The molecule has 0 aromatic heterocycles. The minimum Gasteiger partial charge on any atom is -0.375 e. The zero-order valence-corrected chi connectivity index (χ0v) is 9.59. The largest absolute Gasteiger partial charge is 0.375 e. The van der Waals surface area contributed by atoms with E-state index in [1.165, 1.54) is 12.0 Å². The maximum Gasteiger partial charge on any atom is 0.0717 e. The van der Waals surface area contributed by atoms with Crippen LogP contribution in [0.15, 0.2) is 28.7 Å². The fraction of sp³-hybridized carbons (Fsp3) is 0.455. The van der Waals surface area contributed by atoms with Crippen molar-refractivity contribution < 1.29 is 4.74 Å². The normalized spacial score (nSPS) is 20.5. The van der Waals surface area contributed by atoms with Crippen molar-refractivity contribution >= 4 is 15.9 Å². The molecule has 1 heterocycles. The van der Waals surface area contributed by atoms with E-state index < -0.39 is 0 Å². The quantitative estimate of drug-likeness (QED) is 0.892. The van der Waals surface area contributed by atoms with Crippen molar-refractivity contribution in [2.24, 2.45) is 0 Å². The van der Waals surface area contributed by atoms with Crippen LogP contribution >= 0.6 is 15.9 Å². The van der Waals surface area contributed by atoms with Crippen molar-refractivity contribution in [3.05, 3.63) is 34.3 Å². The third-order valence-electron chi connectivity index (χ3n) is 2.43. The Hall–Kier alpha value is -0.380. The fourth-order valence-corrected chi connectivity index (χ4v) is 1.65. The van der Waals surface area contributed by atoms with E-state index in [9.17, 15) is 0 Å². The van der Waals surface area contributed by atoms with Gasteiger partial charge in [-0.25, -0.2) is 0 Å². The average Bonchev–Trinajstić information content (AvgIpc) is 2.12. The number of halogens is 1. The lowest BCUT2D eigenvalue weighted by Gasteiger charge is -2.27. The van der Waals surface area contributed by atoms with Gasteiger partial charge in [-0.3, -0.25) is 0 Å². The fourth-order valence-electron chi connectivity index (χ4n) is 1.39. The molecule has 0 bridgehead atoms. The highest BCUT2D eigenvalue weighted by Crippen LogP contribution is 2.11. The van der Waals surface area contributed by atoms with Gasteiger partial charge in [0.25, 0.3) is 0 Å². The minimum atomic E-state index is 0.588. The van der Waals surface area contributed by atoms with Gasteiger partial charge in [0.05, 0.1) is 13.2 Å². The molecule has 1 fully saturated rings. The third-order valence-corrected chi connectivity index (χ3v) is 2.96. The van der Waals surface area contributed by atoms with E-state index in [2.05, 4.69) is 33.4 Å². The van der Waals surface area contributed by atoms with Crippen LogP contribution in [0, 0.1) is 0 Å². The molecule has 1 unspecified atom stereocenters. The molecule has 0 spiro atoms. The van der Waals surface area contributed by atoms with Crippen molar-refractivity contribution in [3.8, 4) is 0 Å². The van der Waals surface area contributed by atoms with Gasteiger partial charge in [0, 0.05) is 10.5 Å². The predicted molar refractivity (Wildman–Crippen MR) is 60.2 cm³/mol. The molecular formula is C11H14BrNO. The molecule has 0 amide bonds. The number of nitrogens with one attached hydrogen (secondary N) is 1. The summed E-state index contributed by atoms with van der Waals surface area (Å²) in [5.41, 5.74) is 1.23. The van der Waals surface area contributed by atoms with Gasteiger partial charge in [0.1, 0.15) is 0 Å². The summed E-state index contributed by atoms with van der Waals surface area (Å²) in [4.78, 5) is 0. The highest BCUT2D eigenvalue weighted by atomic mass is 79.9. The summed E-state index contributed by atoms with van der Waals surface area (Å²) in [7, 11) is 0. The van der Waals surface area contributed by atoms with Crippen molar-refractivity contribution in [1.82, 2.24) is 5.32 Å². The Morgan fingerprint density at radius 1 is 1.36 bits per heavy atom. The number of rotatable bonds is 4. The molecule has 1 saturated heterocycles. The minimum absolute atomic E-state index is 0.588. The third kappa shape index (κ3) is 2.80. The van der Waals surface area contributed by atoms with Crippen LogP contribution in [0.5, 0.6) is 0 Å². The number of benzene rings is 1. The molecule has 1 aromatic rings. The van der Waals surface area contributed by atoms with Gasteiger partial charge >= 0.3 is 0 Å². The maximum atomic E-state index is 5.59. The molecule has 2 nitrogen and oxygen atoms in total. The standard InChI is InChI=1S/C11H14BrNO/c12-10-3-1-9(2-4-10)7-14-8-11-5-6-13-11/h1-4,11,13H,5-8H2. The SMILES string of the molecule is Brc1ccc(COCC2CCN2)cc1. The van der Waals surface area contributed by atoms with Crippen LogP contribution in [0.2, 0.25) is 0 Å². The maximum absolute atomic E-state index is 5.59. The van der Waals surface area contributed by atoms with Crippen LogP contribution < -0.4 is 5.32 Å². The van der Waals surface area contributed by atoms with Crippen LogP contribution in [0.3, 0.4) is 0 Å². The predicted octanol–water partition coefficient (Wildman–Crippen LogP) is 2.33. The summed E-state index contributed by atoms with van der Waals surface area (Å²) in [6, 6.07) is 8.84. The summed E-state index contributed by atoms with van der Waals surface area (Å²) < 4.78 is 6.70. The summed E-state index contributed by atoms with van der Waals surface area (Å²) >= 11 is 3.41. The summed E-state index contributed by atoms with van der Waals surface area (Å²) in [5.74, 6) is 0. The molecular weight excluding hydrogens is 242 g/mol. The molecule has 1 aliphatic heterocycles. The first-order chi connectivity index (χ1) is 6.84. The Morgan fingerprint density at radius 2 is 2.07 bits per heavy atom. The lowest BCUT2D eigenvalue weighted by molar-refractivity contribution is 0.0807. The van der Waals surface area contributed by atoms with Crippen molar-refractivity contribution in [2.45, 2.75) is 19.1 Å². The van der Waals surface area contributed by atoms with Gasteiger partial charge in [-0.1, -0.05) is 28.1 Å². The first kappa shape index (κ1) is 10.1. The average molecular weight is 256 g/mol. The van der Waals surface area contributed by atoms with E-state index in [0.717, 1.165) is 17.6 Å². The molecule has 0 saturated carbocycles. The smallest absolute Gasteiger partial charge is 0.0717 e. The molecule has 1 aromatic carbocycles. The van der Waals surface area contributed by atoms with E-state index in [4.69, 9.17) is 4.74 Å². The highest BCUT2D eigenvalue weighted by Gasteiger charge is 2.15. The Morgan fingerprint density at radius 3 is 2.64 bits per heavy atom. The van der Waals surface area contributed by atoms with Gasteiger partial charge < -0.3 is 10.1 Å². The van der Waals surface area contributed by atoms with Gasteiger partial charge in [-0.05, 0) is 30.7 Å². The molecule has 3 heteroatoms. The second-order valence-electron chi connectivity index (χ2n) is 3.58. The zero-order chi connectivity index (χ0) is 9.80. The van der Waals surface area contributed by atoms with E-state index in [1.807, 2.05) is 12.1 Å². The van der Waals surface area contributed by atoms with Crippen LogP contribution in [0.25, 0.3) is 0 Å². The van der Waals surface area contributed by atoms with Crippen molar-refractivity contribution in [2.75, 3.05) is 13.2 Å². The summed E-state index contributed by atoms with van der Waals surface area (Å²) in [6.07, 6.45) is 1.25. The molecule has 14 heavy (non-hydrogen) atoms. The molecule has 1 N–H and O–H groups in total. The number of hydrogen-bond donors (Lipinski definition) is 1. The van der Waals surface area contributed by atoms with Gasteiger partial charge in [0.15, 0.2) is 0 Å². The molecule has 1 aliphatic rings. The zero-order valence-electron chi connectivity index (χ0n) is 8.00. The number of ether oxygens (including phenoxy) is 1. The molecule has 0 radical (unpaired) electrons. The molecule has 1 atom stereocenters. The van der Waals surface area contributed by atoms with Crippen LogP contribution in [0.4, 0.5) is 0 Å². The Bertz CT molecular complexity index is 282. The van der Waals surface area contributed by atoms with E-state index in [0.29, 0.717) is 12.6 Å². The topological polar surface area (TPSA) is 21.3 Å². The van der Waals surface area contributed by atoms with Crippen LogP contribution in [0.1, 0.15) is 12.0 Å². The number of hydrogen-bond acceptors (Lipinski definition) is 2. The second kappa shape index (κ2) is 4.91. The van der Waals surface area contributed by atoms with Crippen molar-refractivity contribution in [1.29, 1.82) is 0 Å². The molecule has 2 rings (SSSR count). The van der Waals surface area contributed by atoms with Gasteiger partial charge in [-0.15, -0.1) is 0 Å². The summed E-state index contributed by atoms with van der Waals surface area (Å²) in [6.45, 7) is 2.69. The second-order valence-corrected chi connectivity index (χ2v) is 4.50. The monoisotopic (exact) mass is 255 g/mol. The first-order valence-corrected chi connectivity index (χ1v) is 5.69. The first-order valence-electron chi connectivity index (χ1n) is 4.90. The van der Waals surface area contributed by atoms with Crippen LogP contribution in [-0.4, -0.2) is 19.2 Å². The lowest BCUT2D eigenvalue weighted by atomic mass is 10.1. The Labute approximate surface area is 92.8 Å². The highest BCUT2D eigenvalue weighted by molar-refractivity contribution is 9.10. The Balaban J connectivity index is 1.71. The van der Waals surface area contributed by atoms with Crippen molar-refractivity contribution in [3.63, 3.8) is 0 Å². The van der Waals surface area contributed by atoms with E-state index in [1.54, 1.807) is 0 Å². The van der Waals surface area contributed by atoms with Crippen LogP contribution in [-0.2, 0) is 11.3 Å². The van der Waals surface area contributed by atoms with Gasteiger partial charge in [-0.2, -0.15) is 0 Å². The van der Waals surface area contributed by atoms with Gasteiger partial charge in [0.2, 0.25) is 0 Å².